The van der Waals surface area contributed by atoms with Crippen molar-refractivity contribution in [3.63, 3.8) is 0 Å². The average Bonchev–Trinajstić information content (AvgIpc) is 3.12. The van der Waals surface area contributed by atoms with Gasteiger partial charge < -0.3 is 19.5 Å². The van der Waals surface area contributed by atoms with Crippen molar-refractivity contribution in [3.05, 3.63) is 41.4 Å². The number of anilines is 2. The molecule has 1 aliphatic rings. The molecule has 1 atom stereocenters. The van der Waals surface area contributed by atoms with Crippen LogP contribution in [0.2, 0.25) is 5.02 Å². The van der Waals surface area contributed by atoms with Gasteiger partial charge in [-0.15, -0.1) is 0 Å². The Hall–Kier alpha value is -2.65. The number of benzene rings is 2. The molecule has 0 spiro atoms. The summed E-state index contributed by atoms with van der Waals surface area (Å²) in [7, 11) is -2.32. The summed E-state index contributed by atoms with van der Waals surface area (Å²) in [5, 5.41) is 2.98. The van der Waals surface area contributed by atoms with Crippen molar-refractivity contribution in [1.29, 1.82) is 0 Å². The number of nitrogens with one attached hydrogen (secondary N) is 1. The predicted octanol–water partition coefficient (Wildman–Crippen LogP) is 3.26. The van der Waals surface area contributed by atoms with Crippen molar-refractivity contribution >= 4 is 38.9 Å². The molecule has 29 heavy (non-hydrogen) atoms. The molecule has 0 radical (unpaired) electrons. The number of carbonyl (C=O) groups is 1. The van der Waals surface area contributed by atoms with E-state index < -0.39 is 22.0 Å². The topological polar surface area (TPSA) is 94.2 Å². The molecule has 2 aromatic carbocycles. The highest BCUT2D eigenvalue weighted by atomic mass is 35.5. The summed E-state index contributed by atoms with van der Waals surface area (Å²) in [6.45, 7) is 1.84. The van der Waals surface area contributed by atoms with E-state index in [0.29, 0.717) is 22.9 Å². The second-order valence-electron chi connectivity index (χ2n) is 6.36. The highest BCUT2D eigenvalue weighted by Crippen LogP contribution is 2.35. The maximum Gasteiger partial charge on any atom is 0.248 e. The fraction of sp³-hybridized carbons (Fsp3) is 0.316. The molecule has 1 amide bonds. The number of carbonyl (C=O) groups excluding carboxylic acids is 1. The van der Waals surface area contributed by atoms with Crippen LogP contribution in [0.1, 0.15) is 13.3 Å². The molecule has 0 saturated carbocycles. The van der Waals surface area contributed by atoms with E-state index in [1.807, 2.05) is 0 Å². The molecule has 0 fully saturated rings. The van der Waals surface area contributed by atoms with Gasteiger partial charge in [-0.05, 0) is 36.8 Å². The van der Waals surface area contributed by atoms with E-state index >= 15 is 0 Å². The highest BCUT2D eigenvalue weighted by Gasteiger charge is 2.32. The van der Waals surface area contributed by atoms with E-state index in [4.69, 9.17) is 25.8 Å². The lowest BCUT2D eigenvalue weighted by atomic mass is 10.1. The minimum Gasteiger partial charge on any atom is -0.495 e. The molecule has 2 aromatic rings. The number of halogens is 1. The lowest BCUT2D eigenvalue weighted by molar-refractivity contribution is -0.117. The third-order valence-electron chi connectivity index (χ3n) is 4.36. The maximum absolute atomic E-state index is 13.0. The van der Waals surface area contributed by atoms with Gasteiger partial charge in [0.25, 0.3) is 0 Å². The fourth-order valence-corrected chi connectivity index (χ4v) is 4.51. The molecule has 8 nitrogen and oxygen atoms in total. The van der Waals surface area contributed by atoms with Gasteiger partial charge in [0.2, 0.25) is 22.7 Å². The summed E-state index contributed by atoms with van der Waals surface area (Å²) in [5.41, 5.74) is 0.741. The van der Waals surface area contributed by atoms with E-state index in [1.165, 1.54) is 13.2 Å². The summed E-state index contributed by atoms with van der Waals surface area (Å²) in [6, 6.07) is 8.53. The van der Waals surface area contributed by atoms with Crippen LogP contribution in [0.25, 0.3) is 0 Å². The zero-order valence-corrected chi connectivity index (χ0v) is 17.7. The number of fused-ring (bicyclic) bond motifs is 1. The molecule has 1 aliphatic heterocycles. The Labute approximate surface area is 174 Å². The lowest BCUT2D eigenvalue weighted by Crippen LogP contribution is -2.47. The largest absolute Gasteiger partial charge is 0.495 e. The monoisotopic (exact) mass is 440 g/mol. The first-order chi connectivity index (χ1) is 13.7. The van der Waals surface area contributed by atoms with Gasteiger partial charge in [0.1, 0.15) is 11.8 Å². The SMILES string of the molecule is CC[C@@H](C(=O)Nc1ccc2c(c1)OCO2)N(c1ccc(OC)c(Cl)c1)S(C)(=O)=O. The Balaban J connectivity index is 1.91. The fourth-order valence-electron chi connectivity index (χ4n) is 3.05. The third-order valence-corrected chi connectivity index (χ3v) is 5.83. The van der Waals surface area contributed by atoms with Gasteiger partial charge in [0, 0.05) is 11.8 Å². The first-order valence-electron chi connectivity index (χ1n) is 8.78. The number of hydrogen-bond donors (Lipinski definition) is 1. The first-order valence-corrected chi connectivity index (χ1v) is 11.0. The summed E-state index contributed by atoms with van der Waals surface area (Å²) in [6.07, 6.45) is 1.29. The van der Waals surface area contributed by atoms with Crippen LogP contribution in [-0.4, -0.2) is 40.5 Å². The Kier molecular flexibility index (Phi) is 6.09. The molecule has 0 bridgehead atoms. The third kappa shape index (κ3) is 4.51. The second kappa shape index (κ2) is 8.38. The Morgan fingerprint density at radius 3 is 2.59 bits per heavy atom. The minimum atomic E-state index is -3.78. The highest BCUT2D eigenvalue weighted by molar-refractivity contribution is 7.92. The Morgan fingerprint density at radius 2 is 1.97 bits per heavy atom. The van der Waals surface area contributed by atoms with Gasteiger partial charge in [-0.25, -0.2) is 8.42 Å². The number of rotatable bonds is 7. The minimum absolute atomic E-state index is 0.115. The van der Waals surface area contributed by atoms with Crippen LogP contribution in [0.4, 0.5) is 11.4 Å². The van der Waals surface area contributed by atoms with Gasteiger partial charge >= 0.3 is 0 Å². The van der Waals surface area contributed by atoms with Crippen LogP contribution in [-0.2, 0) is 14.8 Å². The molecule has 1 N–H and O–H groups in total. The van der Waals surface area contributed by atoms with E-state index in [-0.39, 0.29) is 23.9 Å². The maximum atomic E-state index is 13.0. The van der Waals surface area contributed by atoms with Crippen molar-refractivity contribution in [1.82, 2.24) is 0 Å². The van der Waals surface area contributed by atoms with Crippen LogP contribution in [0, 0.1) is 0 Å². The van der Waals surface area contributed by atoms with Gasteiger partial charge in [-0.3, -0.25) is 9.10 Å². The number of sulfonamides is 1. The molecule has 0 aromatic heterocycles. The number of amides is 1. The van der Waals surface area contributed by atoms with E-state index in [1.54, 1.807) is 37.3 Å². The van der Waals surface area contributed by atoms with Crippen LogP contribution in [0.3, 0.4) is 0 Å². The predicted molar refractivity (Wildman–Crippen MR) is 111 cm³/mol. The molecule has 10 heteroatoms. The number of nitrogens with zero attached hydrogens (tertiary/aromatic N) is 1. The van der Waals surface area contributed by atoms with Crippen molar-refractivity contribution in [2.24, 2.45) is 0 Å². The smallest absolute Gasteiger partial charge is 0.248 e. The standard InChI is InChI=1S/C19H21ClN2O6S/c1-4-15(19(23)21-12-5-7-17-18(9-12)28-11-27-17)22(29(3,24)25)13-6-8-16(26-2)14(20)10-13/h5-10,15H,4,11H2,1-3H3,(H,21,23)/t15-/m0/s1. The van der Waals surface area contributed by atoms with Gasteiger partial charge in [-0.2, -0.15) is 0 Å². The zero-order valence-electron chi connectivity index (χ0n) is 16.1. The molecule has 0 aliphatic carbocycles. The Bertz CT molecular complexity index is 1030. The van der Waals surface area contributed by atoms with E-state index in [2.05, 4.69) is 5.32 Å². The summed E-state index contributed by atoms with van der Waals surface area (Å²) < 4.78 is 41.8. The summed E-state index contributed by atoms with van der Waals surface area (Å²) >= 11 is 6.16. The van der Waals surface area contributed by atoms with Crippen LogP contribution < -0.4 is 23.8 Å². The number of hydrogen-bond acceptors (Lipinski definition) is 6. The zero-order chi connectivity index (χ0) is 21.2. The van der Waals surface area contributed by atoms with Gasteiger partial charge in [-0.1, -0.05) is 18.5 Å². The molecular formula is C19H21ClN2O6S. The first kappa shape index (κ1) is 21.1. The summed E-state index contributed by atoms with van der Waals surface area (Å²) in [4.78, 5) is 13.0. The van der Waals surface area contributed by atoms with Crippen molar-refractivity contribution in [3.8, 4) is 17.2 Å². The number of ether oxygens (including phenoxy) is 3. The van der Waals surface area contributed by atoms with Crippen molar-refractivity contribution in [2.45, 2.75) is 19.4 Å². The second-order valence-corrected chi connectivity index (χ2v) is 8.63. The van der Waals surface area contributed by atoms with Crippen molar-refractivity contribution in [2.75, 3.05) is 29.8 Å². The van der Waals surface area contributed by atoms with E-state index in [9.17, 15) is 13.2 Å². The molecule has 156 valence electrons. The average molecular weight is 441 g/mol. The van der Waals surface area contributed by atoms with Gasteiger partial charge in [0.15, 0.2) is 11.5 Å². The lowest BCUT2D eigenvalue weighted by Gasteiger charge is -2.30. The van der Waals surface area contributed by atoms with Gasteiger partial charge in [0.05, 0.1) is 24.1 Å². The Morgan fingerprint density at radius 1 is 1.24 bits per heavy atom. The molecular weight excluding hydrogens is 420 g/mol. The van der Waals surface area contributed by atoms with Crippen LogP contribution in [0.15, 0.2) is 36.4 Å². The number of methoxy groups -OCH3 is 1. The summed E-state index contributed by atoms with van der Waals surface area (Å²) in [5.74, 6) is 1.02. The molecule has 0 unspecified atom stereocenters. The quantitative estimate of drug-likeness (QED) is 0.710. The molecule has 3 rings (SSSR count). The molecule has 0 saturated heterocycles. The normalized spacial score (nSPS) is 13.7. The van der Waals surface area contributed by atoms with Crippen molar-refractivity contribution < 1.29 is 27.4 Å². The van der Waals surface area contributed by atoms with E-state index in [0.717, 1.165) is 10.6 Å². The van der Waals surface area contributed by atoms with Crippen LogP contribution >= 0.6 is 11.6 Å². The molecule has 1 heterocycles. The van der Waals surface area contributed by atoms with Crippen LogP contribution in [0.5, 0.6) is 17.2 Å².